The summed E-state index contributed by atoms with van der Waals surface area (Å²) in [5.41, 5.74) is 1.66. The Morgan fingerprint density at radius 2 is 1.96 bits per heavy atom. The smallest absolute Gasteiger partial charge is 0.298 e. The van der Waals surface area contributed by atoms with Gasteiger partial charge in [0.2, 0.25) is 5.91 Å². The Balaban J connectivity index is 0.00000156. The highest BCUT2D eigenvalue weighted by molar-refractivity contribution is 5.85. The molecule has 1 aromatic heterocycles. The number of methoxy groups -OCH3 is 1. The SMILES string of the molecule is COCCNCC(=O)N1CCN(c2nc3ccccc3o2)CC1.Cl.Cl. The molecule has 1 saturated heterocycles. The average Bonchev–Trinajstić information content (AvgIpc) is 3.03. The molecule has 1 aliphatic heterocycles. The van der Waals surface area contributed by atoms with E-state index in [0.717, 1.165) is 24.2 Å². The molecule has 0 bridgehead atoms. The summed E-state index contributed by atoms with van der Waals surface area (Å²) in [7, 11) is 1.65. The molecule has 0 radical (unpaired) electrons. The highest BCUT2D eigenvalue weighted by Crippen LogP contribution is 2.22. The summed E-state index contributed by atoms with van der Waals surface area (Å²) in [5.74, 6) is 0.123. The molecule has 1 fully saturated rings. The van der Waals surface area contributed by atoms with Gasteiger partial charge in [0.25, 0.3) is 6.01 Å². The molecule has 7 nitrogen and oxygen atoms in total. The van der Waals surface area contributed by atoms with Crippen LogP contribution in [0.2, 0.25) is 0 Å². The van der Waals surface area contributed by atoms with Crippen molar-refractivity contribution in [3.05, 3.63) is 24.3 Å². The van der Waals surface area contributed by atoms with Gasteiger partial charge in [0.05, 0.1) is 13.2 Å². The second-order valence-electron chi connectivity index (χ2n) is 5.50. The molecule has 1 N–H and O–H groups in total. The zero-order valence-electron chi connectivity index (χ0n) is 14.1. The van der Waals surface area contributed by atoms with Crippen molar-refractivity contribution < 1.29 is 13.9 Å². The Bertz CT molecular complexity index is 627. The summed E-state index contributed by atoms with van der Waals surface area (Å²) in [6.07, 6.45) is 0. The van der Waals surface area contributed by atoms with Gasteiger partial charge in [-0.15, -0.1) is 24.8 Å². The van der Waals surface area contributed by atoms with E-state index in [9.17, 15) is 4.79 Å². The van der Waals surface area contributed by atoms with Gasteiger partial charge in [-0.3, -0.25) is 4.79 Å². The molecule has 25 heavy (non-hydrogen) atoms. The zero-order chi connectivity index (χ0) is 16.1. The van der Waals surface area contributed by atoms with E-state index in [1.54, 1.807) is 7.11 Å². The lowest BCUT2D eigenvalue weighted by Crippen LogP contribution is -2.51. The van der Waals surface area contributed by atoms with Crippen LogP contribution in [0.3, 0.4) is 0 Å². The first-order chi connectivity index (χ1) is 11.3. The van der Waals surface area contributed by atoms with Crippen molar-refractivity contribution in [3.63, 3.8) is 0 Å². The number of benzene rings is 1. The molecule has 1 aliphatic rings. The van der Waals surface area contributed by atoms with E-state index >= 15 is 0 Å². The first-order valence-corrected chi connectivity index (χ1v) is 7.86. The molecular formula is C16H24Cl2N4O3. The fourth-order valence-electron chi connectivity index (χ4n) is 2.62. The van der Waals surface area contributed by atoms with E-state index in [1.165, 1.54) is 0 Å². The Labute approximate surface area is 159 Å². The maximum Gasteiger partial charge on any atom is 0.298 e. The third-order valence-corrected chi connectivity index (χ3v) is 3.94. The van der Waals surface area contributed by atoms with Gasteiger partial charge in [0.15, 0.2) is 5.58 Å². The van der Waals surface area contributed by atoms with Crippen molar-refractivity contribution in [2.75, 3.05) is 57.9 Å². The second kappa shape index (κ2) is 10.5. The Morgan fingerprint density at radius 1 is 1.24 bits per heavy atom. The number of aromatic nitrogens is 1. The highest BCUT2D eigenvalue weighted by Gasteiger charge is 2.23. The number of ether oxygens (including phenoxy) is 1. The number of carbonyl (C=O) groups is 1. The number of para-hydroxylation sites is 2. The maximum atomic E-state index is 12.1. The van der Waals surface area contributed by atoms with Gasteiger partial charge in [-0.2, -0.15) is 4.98 Å². The van der Waals surface area contributed by atoms with E-state index in [4.69, 9.17) is 9.15 Å². The zero-order valence-corrected chi connectivity index (χ0v) is 15.8. The lowest BCUT2D eigenvalue weighted by atomic mass is 10.3. The number of piperazine rings is 1. The fraction of sp³-hybridized carbons (Fsp3) is 0.500. The van der Waals surface area contributed by atoms with Gasteiger partial charge >= 0.3 is 0 Å². The van der Waals surface area contributed by atoms with Crippen molar-refractivity contribution in [3.8, 4) is 0 Å². The van der Waals surface area contributed by atoms with Gasteiger partial charge in [-0.05, 0) is 12.1 Å². The number of fused-ring (bicyclic) bond motifs is 1. The summed E-state index contributed by atoms with van der Waals surface area (Å²) in [4.78, 5) is 20.6. The summed E-state index contributed by atoms with van der Waals surface area (Å²) in [6, 6.07) is 8.37. The predicted molar refractivity (Wildman–Crippen MR) is 102 cm³/mol. The van der Waals surface area contributed by atoms with Crippen LogP contribution in [0.25, 0.3) is 11.1 Å². The van der Waals surface area contributed by atoms with E-state index < -0.39 is 0 Å². The van der Waals surface area contributed by atoms with Crippen molar-refractivity contribution >= 4 is 47.8 Å². The summed E-state index contributed by atoms with van der Waals surface area (Å²) in [6.45, 7) is 4.48. The molecule has 0 spiro atoms. The standard InChI is InChI=1S/C16H22N4O3.2ClH/c1-22-11-6-17-12-15(21)19-7-9-20(10-8-19)16-18-13-4-2-3-5-14(13)23-16;;/h2-5,17H,6-12H2,1H3;2*1H. The van der Waals surface area contributed by atoms with E-state index in [2.05, 4.69) is 15.2 Å². The summed E-state index contributed by atoms with van der Waals surface area (Å²) >= 11 is 0. The van der Waals surface area contributed by atoms with Crippen LogP contribution >= 0.6 is 24.8 Å². The largest absolute Gasteiger partial charge is 0.423 e. The minimum atomic E-state index is 0. The van der Waals surface area contributed by atoms with Gasteiger partial charge in [0.1, 0.15) is 5.52 Å². The van der Waals surface area contributed by atoms with Gasteiger partial charge < -0.3 is 24.3 Å². The minimum Gasteiger partial charge on any atom is -0.423 e. The lowest BCUT2D eigenvalue weighted by molar-refractivity contribution is -0.130. The topological polar surface area (TPSA) is 70.8 Å². The minimum absolute atomic E-state index is 0. The van der Waals surface area contributed by atoms with Crippen molar-refractivity contribution in [2.24, 2.45) is 0 Å². The number of rotatable bonds is 6. The highest BCUT2D eigenvalue weighted by atomic mass is 35.5. The first-order valence-electron chi connectivity index (χ1n) is 7.86. The van der Waals surface area contributed by atoms with Crippen LogP contribution in [0.4, 0.5) is 6.01 Å². The quantitative estimate of drug-likeness (QED) is 0.754. The van der Waals surface area contributed by atoms with Gasteiger partial charge in [0, 0.05) is 39.8 Å². The van der Waals surface area contributed by atoms with E-state index in [-0.39, 0.29) is 30.7 Å². The molecule has 9 heteroatoms. The molecule has 0 unspecified atom stereocenters. The molecule has 2 heterocycles. The van der Waals surface area contributed by atoms with Crippen molar-refractivity contribution in [1.82, 2.24) is 15.2 Å². The lowest BCUT2D eigenvalue weighted by Gasteiger charge is -2.33. The van der Waals surface area contributed by atoms with Gasteiger partial charge in [-0.25, -0.2) is 0 Å². The van der Waals surface area contributed by atoms with Crippen LogP contribution in [0, 0.1) is 0 Å². The van der Waals surface area contributed by atoms with Crippen molar-refractivity contribution in [1.29, 1.82) is 0 Å². The van der Waals surface area contributed by atoms with Gasteiger partial charge in [-0.1, -0.05) is 12.1 Å². The monoisotopic (exact) mass is 390 g/mol. The van der Waals surface area contributed by atoms with E-state index in [1.807, 2.05) is 29.2 Å². The summed E-state index contributed by atoms with van der Waals surface area (Å²) in [5, 5.41) is 3.08. The van der Waals surface area contributed by atoms with Crippen LogP contribution in [0.15, 0.2) is 28.7 Å². The number of anilines is 1. The molecule has 1 amide bonds. The van der Waals surface area contributed by atoms with Crippen LogP contribution < -0.4 is 10.2 Å². The molecule has 0 atom stereocenters. The molecule has 2 aromatic rings. The Hall–Kier alpha value is -1.54. The first kappa shape index (κ1) is 21.5. The molecule has 0 aliphatic carbocycles. The molecule has 3 rings (SSSR count). The van der Waals surface area contributed by atoms with Crippen molar-refractivity contribution in [2.45, 2.75) is 0 Å². The number of hydrogen-bond donors (Lipinski definition) is 1. The number of hydrogen-bond acceptors (Lipinski definition) is 6. The number of nitrogens with one attached hydrogen (secondary N) is 1. The van der Waals surface area contributed by atoms with E-state index in [0.29, 0.717) is 38.8 Å². The number of carbonyl (C=O) groups excluding carboxylic acids is 1. The molecule has 140 valence electrons. The van der Waals surface area contributed by atoms with Crippen LogP contribution in [0.5, 0.6) is 0 Å². The maximum absolute atomic E-state index is 12.1. The summed E-state index contributed by atoms with van der Waals surface area (Å²) < 4.78 is 10.7. The normalized spacial score (nSPS) is 14.1. The third-order valence-electron chi connectivity index (χ3n) is 3.94. The molecule has 0 saturated carbocycles. The third kappa shape index (κ3) is 5.47. The second-order valence-corrected chi connectivity index (χ2v) is 5.50. The Kier molecular flexibility index (Phi) is 8.99. The Morgan fingerprint density at radius 3 is 2.64 bits per heavy atom. The van der Waals surface area contributed by atoms with Crippen LogP contribution in [-0.4, -0.2) is 68.8 Å². The average molecular weight is 391 g/mol. The molecule has 1 aromatic carbocycles. The molecular weight excluding hydrogens is 367 g/mol. The number of oxazole rings is 1. The number of nitrogens with zero attached hydrogens (tertiary/aromatic N) is 3. The number of amides is 1. The van der Waals surface area contributed by atoms with Crippen LogP contribution in [-0.2, 0) is 9.53 Å². The van der Waals surface area contributed by atoms with Crippen LogP contribution in [0.1, 0.15) is 0 Å². The predicted octanol–water partition coefficient (Wildman–Crippen LogP) is 1.56. The fourth-order valence-corrected chi connectivity index (χ4v) is 2.62. The number of halogens is 2.